The van der Waals surface area contributed by atoms with Crippen molar-refractivity contribution < 1.29 is 18.1 Å². The molecule has 2 rings (SSSR count). The molecule has 0 bridgehead atoms. The summed E-state index contributed by atoms with van der Waals surface area (Å²) in [6.45, 7) is 0. The van der Waals surface area contributed by atoms with Crippen molar-refractivity contribution in [3.05, 3.63) is 25.8 Å². The van der Waals surface area contributed by atoms with Crippen molar-refractivity contribution in [2.45, 2.75) is 6.18 Å². The molecule has 2 heterocycles. The van der Waals surface area contributed by atoms with Crippen molar-refractivity contribution >= 4 is 43.3 Å². The van der Waals surface area contributed by atoms with Gasteiger partial charge in [-0.1, -0.05) is 11.3 Å². The lowest BCUT2D eigenvalue weighted by Crippen LogP contribution is -2.03. The van der Waals surface area contributed by atoms with Crippen molar-refractivity contribution in [3.63, 3.8) is 0 Å². The molecule has 0 N–H and O–H groups in total. The zero-order chi connectivity index (χ0) is 12.8. The molecule has 0 spiro atoms. The van der Waals surface area contributed by atoms with Crippen LogP contribution in [0.25, 0.3) is 10.3 Å². The van der Waals surface area contributed by atoms with Crippen molar-refractivity contribution in [2.75, 3.05) is 0 Å². The maximum absolute atomic E-state index is 12.4. The summed E-state index contributed by atoms with van der Waals surface area (Å²) in [4.78, 5) is 16.7. The second-order valence-corrected chi connectivity index (χ2v) is 4.66. The van der Waals surface area contributed by atoms with Crippen LogP contribution >= 0.6 is 27.3 Å². The monoisotopic (exact) mass is 327 g/mol. The SMILES string of the molecule is O=[N+]([O-])c1cnc2sc(C(F)(F)F)nc2c1Br. The van der Waals surface area contributed by atoms with Crippen LogP contribution in [-0.2, 0) is 6.18 Å². The minimum Gasteiger partial charge on any atom is -0.258 e. The summed E-state index contributed by atoms with van der Waals surface area (Å²) in [5.41, 5.74) is -0.576. The number of thiazole rings is 1. The lowest BCUT2D eigenvalue weighted by molar-refractivity contribution is -0.385. The Labute approximate surface area is 104 Å². The summed E-state index contributed by atoms with van der Waals surface area (Å²) in [6, 6.07) is 0. The van der Waals surface area contributed by atoms with Gasteiger partial charge in [0, 0.05) is 0 Å². The Hall–Kier alpha value is -1.29. The Morgan fingerprint density at radius 2 is 2.12 bits per heavy atom. The van der Waals surface area contributed by atoms with E-state index in [1.54, 1.807) is 0 Å². The van der Waals surface area contributed by atoms with Gasteiger partial charge in [-0.25, -0.2) is 9.97 Å². The van der Waals surface area contributed by atoms with Crippen LogP contribution in [0.3, 0.4) is 0 Å². The van der Waals surface area contributed by atoms with E-state index in [1.807, 2.05) is 0 Å². The van der Waals surface area contributed by atoms with Crippen LogP contribution in [-0.4, -0.2) is 14.9 Å². The molecule has 0 aromatic carbocycles. The molecule has 0 amide bonds. The molecule has 0 atom stereocenters. The summed E-state index contributed by atoms with van der Waals surface area (Å²) >= 11 is 3.20. The molecule has 2 aromatic heterocycles. The van der Waals surface area contributed by atoms with E-state index in [4.69, 9.17) is 0 Å². The van der Waals surface area contributed by atoms with Gasteiger partial charge in [0.1, 0.15) is 21.0 Å². The van der Waals surface area contributed by atoms with Gasteiger partial charge < -0.3 is 0 Å². The lowest BCUT2D eigenvalue weighted by Gasteiger charge is -1.98. The number of nitrogens with zero attached hydrogens (tertiary/aromatic N) is 3. The number of fused-ring (bicyclic) bond motifs is 1. The van der Waals surface area contributed by atoms with Gasteiger partial charge in [0.05, 0.1) is 4.92 Å². The number of hydrogen-bond acceptors (Lipinski definition) is 5. The normalized spacial score (nSPS) is 12.0. The maximum atomic E-state index is 12.4. The van der Waals surface area contributed by atoms with E-state index >= 15 is 0 Å². The Morgan fingerprint density at radius 3 is 2.65 bits per heavy atom. The van der Waals surface area contributed by atoms with Crippen molar-refractivity contribution in [3.8, 4) is 0 Å². The van der Waals surface area contributed by atoms with Gasteiger partial charge in [0.25, 0.3) is 0 Å². The van der Waals surface area contributed by atoms with Gasteiger partial charge in [0.2, 0.25) is 5.01 Å². The highest BCUT2D eigenvalue weighted by atomic mass is 79.9. The van der Waals surface area contributed by atoms with Gasteiger partial charge in [-0.05, 0) is 15.9 Å². The third-order valence-corrected chi connectivity index (χ3v) is 3.58. The smallest absolute Gasteiger partial charge is 0.258 e. The summed E-state index contributed by atoms with van der Waals surface area (Å²) < 4.78 is 37.1. The maximum Gasteiger partial charge on any atom is 0.443 e. The first-order valence-electron chi connectivity index (χ1n) is 3.97. The highest BCUT2D eigenvalue weighted by Crippen LogP contribution is 2.39. The summed E-state index contributed by atoms with van der Waals surface area (Å²) in [5, 5.41) is 9.48. The Bertz CT molecular complexity index is 612. The number of hydrogen-bond donors (Lipinski definition) is 0. The highest BCUT2D eigenvalue weighted by molar-refractivity contribution is 9.10. The third-order valence-electron chi connectivity index (χ3n) is 1.79. The van der Waals surface area contributed by atoms with Gasteiger partial charge in [-0.3, -0.25) is 10.1 Å². The second-order valence-electron chi connectivity index (χ2n) is 2.89. The van der Waals surface area contributed by atoms with E-state index < -0.39 is 21.8 Å². The standard InChI is InChI=1S/C7HBrF3N3O2S/c8-3-2(14(15)16)1-12-5-4(3)13-6(17-5)7(9,10)11/h1H. The molecular formula is C7HBrF3N3O2S. The first kappa shape index (κ1) is 12.2. The number of aromatic nitrogens is 2. The summed E-state index contributed by atoms with van der Waals surface area (Å²) in [7, 11) is 0. The number of rotatable bonds is 1. The van der Waals surface area contributed by atoms with Crippen LogP contribution in [0.4, 0.5) is 18.9 Å². The predicted molar refractivity (Wildman–Crippen MR) is 56.8 cm³/mol. The van der Waals surface area contributed by atoms with Gasteiger partial charge in [0.15, 0.2) is 0 Å². The molecule has 2 aromatic rings. The molecule has 0 aliphatic heterocycles. The van der Waals surface area contributed by atoms with Crippen LogP contribution < -0.4 is 0 Å². The van der Waals surface area contributed by atoms with Crippen LogP contribution in [0.1, 0.15) is 5.01 Å². The molecule has 0 aliphatic carbocycles. The largest absolute Gasteiger partial charge is 0.443 e. The molecule has 0 unspecified atom stereocenters. The number of nitro groups is 1. The third kappa shape index (κ3) is 2.09. The Morgan fingerprint density at radius 1 is 1.47 bits per heavy atom. The minimum absolute atomic E-state index is 0.00481. The molecule has 5 nitrogen and oxygen atoms in total. The molecule has 0 fully saturated rings. The molecule has 90 valence electrons. The molecule has 0 aliphatic rings. The fourth-order valence-corrected chi connectivity index (χ4v) is 2.53. The van der Waals surface area contributed by atoms with E-state index in [2.05, 4.69) is 25.9 Å². The first-order chi connectivity index (χ1) is 7.80. The van der Waals surface area contributed by atoms with Gasteiger partial charge in [-0.15, -0.1) is 0 Å². The van der Waals surface area contributed by atoms with Crippen molar-refractivity contribution in [1.82, 2.24) is 9.97 Å². The fraction of sp³-hybridized carbons (Fsp3) is 0.143. The van der Waals surface area contributed by atoms with E-state index in [1.165, 1.54) is 0 Å². The van der Waals surface area contributed by atoms with Crippen LogP contribution in [0, 0.1) is 10.1 Å². The van der Waals surface area contributed by atoms with Crippen molar-refractivity contribution in [2.24, 2.45) is 0 Å². The predicted octanol–water partition coefficient (Wildman–Crippen LogP) is 3.38. The Kier molecular flexibility index (Phi) is 2.78. The molecule has 0 radical (unpaired) electrons. The molecule has 17 heavy (non-hydrogen) atoms. The van der Waals surface area contributed by atoms with E-state index in [9.17, 15) is 23.3 Å². The summed E-state index contributed by atoms with van der Waals surface area (Å²) in [5.74, 6) is 0. The minimum atomic E-state index is -4.58. The van der Waals surface area contributed by atoms with Crippen LogP contribution in [0.2, 0.25) is 0 Å². The average molecular weight is 328 g/mol. The van der Waals surface area contributed by atoms with E-state index in [0.717, 1.165) is 6.20 Å². The Balaban J connectivity index is 2.70. The van der Waals surface area contributed by atoms with E-state index in [0.29, 0.717) is 11.3 Å². The quantitative estimate of drug-likeness (QED) is 0.594. The number of halogens is 4. The molecular weight excluding hydrogens is 327 g/mol. The lowest BCUT2D eigenvalue weighted by atomic mass is 10.4. The number of alkyl halides is 3. The zero-order valence-corrected chi connectivity index (χ0v) is 10.1. The molecule has 0 saturated carbocycles. The fourth-order valence-electron chi connectivity index (χ4n) is 1.09. The average Bonchev–Trinajstić information content (AvgIpc) is 2.61. The van der Waals surface area contributed by atoms with Crippen LogP contribution in [0.5, 0.6) is 0 Å². The number of pyridine rings is 1. The summed E-state index contributed by atoms with van der Waals surface area (Å²) in [6.07, 6.45) is -3.69. The second kappa shape index (κ2) is 3.88. The topological polar surface area (TPSA) is 68.9 Å². The first-order valence-corrected chi connectivity index (χ1v) is 5.58. The van der Waals surface area contributed by atoms with Crippen LogP contribution in [0.15, 0.2) is 10.7 Å². The van der Waals surface area contributed by atoms with Gasteiger partial charge in [-0.2, -0.15) is 13.2 Å². The zero-order valence-electron chi connectivity index (χ0n) is 7.66. The highest BCUT2D eigenvalue weighted by Gasteiger charge is 2.36. The van der Waals surface area contributed by atoms with Gasteiger partial charge >= 0.3 is 11.9 Å². The van der Waals surface area contributed by atoms with E-state index in [-0.39, 0.29) is 14.8 Å². The van der Waals surface area contributed by atoms with Crippen molar-refractivity contribution in [1.29, 1.82) is 0 Å². The molecule has 0 saturated heterocycles. The molecule has 10 heteroatoms.